The van der Waals surface area contributed by atoms with Crippen molar-refractivity contribution >= 4 is 29.1 Å². The maximum absolute atomic E-state index is 12.3. The monoisotopic (exact) mass is 454 g/mol. The van der Waals surface area contributed by atoms with Crippen LogP contribution in [0.15, 0.2) is 103 Å². The van der Waals surface area contributed by atoms with Crippen molar-refractivity contribution in [1.29, 1.82) is 0 Å². The molecular formula is C24H24BrO2P. The largest absolute Gasteiger partial charge is 1.00 e. The van der Waals surface area contributed by atoms with Gasteiger partial charge in [0.15, 0.2) is 7.26 Å². The van der Waals surface area contributed by atoms with Crippen molar-refractivity contribution in [3.63, 3.8) is 0 Å². The van der Waals surface area contributed by atoms with Gasteiger partial charge in [-0.3, -0.25) is 4.79 Å². The van der Waals surface area contributed by atoms with Gasteiger partial charge in [0.05, 0.1) is 0 Å². The third kappa shape index (κ3) is 4.27. The first-order chi connectivity index (χ1) is 13.2. The quantitative estimate of drug-likeness (QED) is 0.322. The highest BCUT2D eigenvalue weighted by atomic mass is 79.9. The smallest absolute Gasteiger partial charge is 0.313 e. The Labute approximate surface area is 178 Å². The molecule has 28 heavy (non-hydrogen) atoms. The van der Waals surface area contributed by atoms with E-state index in [2.05, 4.69) is 36.4 Å². The molecule has 4 heteroatoms. The molecule has 3 aromatic carbocycles. The van der Waals surface area contributed by atoms with Crippen LogP contribution in [0.25, 0.3) is 0 Å². The minimum Gasteiger partial charge on any atom is -1.00 e. The molecule has 2 nitrogen and oxygen atoms in total. The topological polar surface area (TPSA) is 26.3 Å². The molecule has 0 atom stereocenters. The van der Waals surface area contributed by atoms with E-state index in [0.717, 1.165) is 5.50 Å². The molecule has 0 saturated heterocycles. The summed E-state index contributed by atoms with van der Waals surface area (Å²) in [6.45, 7) is 3.77. The van der Waals surface area contributed by atoms with Crippen LogP contribution in [0, 0.1) is 0 Å². The van der Waals surface area contributed by atoms with E-state index in [1.807, 2.05) is 74.5 Å². The predicted molar refractivity (Wildman–Crippen MR) is 115 cm³/mol. The molecule has 0 aliphatic carbocycles. The van der Waals surface area contributed by atoms with Gasteiger partial charge in [0.25, 0.3) is 5.50 Å². The highest BCUT2D eigenvalue weighted by molar-refractivity contribution is 7.98. The maximum atomic E-state index is 12.3. The molecule has 0 unspecified atom stereocenters. The molecule has 0 N–H and O–H groups in total. The molecule has 0 aliphatic heterocycles. The van der Waals surface area contributed by atoms with Crippen molar-refractivity contribution < 1.29 is 26.5 Å². The second-order valence-corrected chi connectivity index (χ2v) is 9.46. The van der Waals surface area contributed by atoms with Gasteiger partial charge in [-0.05, 0) is 49.4 Å². The van der Waals surface area contributed by atoms with E-state index in [-0.39, 0.29) is 23.0 Å². The lowest BCUT2D eigenvalue weighted by Gasteiger charge is -2.28. The Morgan fingerprint density at radius 3 is 1.43 bits per heavy atom. The Bertz CT molecular complexity index is 812. The Hall–Kier alpha value is -2.22. The third-order valence-electron chi connectivity index (χ3n) is 4.52. The zero-order valence-electron chi connectivity index (χ0n) is 16.1. The van der Waals surface area contributed by atoms with Gasteiger partial charge in [0.2, 0.25) is 0 Å². The van der Waals surface area contributed by atoms with E-state index < -0.39 is 7.26 Å². The number of carbonyl (C=O) groups is 1. The minimum atomic E-state index is -2.31. The fourth-order valence-electron chi connectivity index (χ4n) is 3.29. The Balaban J connectivity index is 0.00000280. The minimum absolute atomic E-state index is 0. The third-order valence-corrected chi connectivity index (χ3v) is 8.74. The van der Waals surface area contributed by atoms with Crippen LogP contribution in [-0.4, -0.2) is 5.97 Å². The summed E-state index contributed by atoms with van der Waals surface area (Å²) in [6.07, 6.45) is 2.30. The predicted octanol–water partition coefficient (Wildman–Crippen LogP) is 1.80. The van der Waals surface area contributed by atoms with Gasteiger partial charge >= 0.3 is 5.97 Å². The van der Waals surface area contributed by atoms with Gasteiger partial charge in [0, 0.05) is 6.42 Å². The fourth-order valence-corrected chi connectivity index (χ4v) is 7.44. The molecule has 0 bridgehead atoms. The number of ether oxygens (including phenoxy) is 1. The summed E-state index contributed by atoms with van der Waals surface area (Å²) in [5, 5.41) is 3.50. The lowest BCUT2D eigenvalue weighted by molar-refractivity contribution is -0.138. The van der Waals surface area contributed by atoms with Gasteiger partial charge in [0.1, 0.15) is 15.9 Å². The molecule has 0 fully saturated rings. The second kappa shape index (κ2) is 10.4. The summed E-state index contributed by atoms with van der Waals surface area (Å²) < 4.78 is 5.95. The van der Waals surface area contributed by atoms with Crippen molar-refractivity contribution in [2.24, 2.45) is 0 Å². The Morgan fingerprint density at radius 2 is 1.14 bits per heavy atom. The number of hydrogen-bond acceptors (Lipinski definition) is 2. The summed E-state index contributed by atoms with van der Waals surface area (Å²) in [4.78, 5) is 12.3. The van der Waals surface area contributed by atoms with Crippen LogP contribution in [0.3, 0.4) is 0 Å². The fraction of sp³-hybridized carbons (Fsp3) is 0.125. The maximum Gasteiger partial charge on any atom is 0.313 e. The highest BCUT2D eigenvalue weighted by Crippen LogP contribution is 2.62. The SMILES string of the molecule is CC=C(OC(=O)CC)[P+](c1ccccc1)(c1ccccc1)c1ccccc1.[Br-]. The van der Waals surface area contributed by atoms with Crippen molar-refractivity contribution in [2.45, 2.75) is 20.3 Å². The van der Waals surface area contributed by atoms with Crippen LogP contribution in [-0.2, 0) is 9.53 Å². The summed E-state index contributed by atoms with van der Waals surface area (Å²) in [7, 11) is -2.31. The van der Waals surface area contributed by atoms with Crippen molar-refractivity contribution in [3.05, 3.63) is 103 Å². The molecule has 144 valence electrons. The molecule has 0 spiro atoms. The van der Waals surface area contributed by atoms with Crippen LogP contribution in [0.2, 0.25) is 0 Å². The zero-order valence-corrected chi connectivity index (χ0v) is 18.6. The highest BCUT2D eigenvalue weighted by Gasteiger charge is 2.51. The van der Waals surface area contributed by atoms with Crippen molar-refractivity contribution in [3.8, 4) is 0 Å². The van der Waals surface area contributed by atoms with Gasteiger partial charge < -0.3 is 21.7 Å². The van der Waals surface area contributed by atoms with E-state index in [0.29, 0.717) is 6.42 Å². The molecule has 0 radical (unpaired) electrons. The van der Waals surface area contributed by atoms with E-state index >= 15 is 0 Å². The molecule has 0 heterocycles. The molecular weight excluding hydrogens is 431 g/mol. The second-order valence-electron chi connectivity index (χ2n) is 6.13. The van der Waals surface area contributed by atoms with Crippen LogP contribution >= 0.6 is 7.26 Å². The Morgan fingerprint density at radius 1 is 0.786 bits per heavy atom. The van der Waals surface area contributed by atoms with Crippen LogP contribution in [0.5, 0.6) is 0 Å². The zero-order chi connectivity index (χ0) is 19.1. The lowest BCUT2D eigenvalue weighted by Crippen LogP contribution is -3.00. The number of halogens is 1. The number of esters is 1. The average Bonchev–Trinajstić information content (AvgIpc) is 2.75. The van der Waals surface area contributed by atoms with E-state index in [4.69, 9.17) is 4.74 Å². The van der Waals surface area contributed by atoms with E-state index in [9.17, 15) is 4.79 Å². The normalized spacial score (nSPS) is 11.4. The van der Waals surface area contributed by atoms with Crippen LogP contribution < -0.4 is 32.9 Å². The summed E-state index contributed by atoms with van der Waals surface area (Å²) in [5.41, 5.74) is 0.734. The van der Waals surface area contributed by atoms with E-state index in [1.54, 1.807) is 0 Å². The van der Waals surface area contributed by atoms with Crippen LogP contribution in [0.4, 0.5) is 0 Å². The number of rotatable bonds is 6. The van der Waals surface area contributed by atoms with Crippen molar-refractivity contribution in [1.82, 2.24) is 0 Å². The molecule has 0 saturated carbocycles. The first-order valence-electron chi connectivity index (χ1n) is 9.17. The molecule has 0 aromatic heterocycles. The molecule has 0 aliphatic rings. The number of benzene rings is 3. The van der Waals surface area contributed by atoms with Gasteiger partial charge in [-0.25, -0.2) is 0 Å². The van der Waals surface area contributed by atoms with E-state index in [1.165, 1.54) is 15.9 Å². The number of allylic oxidation sites excluding steroid dienone is 1. The summed E-state index contributed by atoms with van der Waals surface area (Å²) in [6, 6.07) is 31.1. The first-order valence-corrected chi connectivity index (χ1v) is 11.0. The van der Waals surface area contributed by atoms with Gasteiger partial charge in [-0.15, -0.1) is 0 Å². The molecule has 3 rings (SSSR count). The summed E-state index contributed by atoms with van der Waals surface area (Å²) >= 11 is 0. The molecule has 3 aromatic rings. The Kier molecular flexibility index (Phi) is 8.17. The van der Waals surface area contributed by atoms with Crippen molar-refractivity contribution in [2.75, 3.05) is 0 Å². The van der Waals surface area contributed by atoms with Gasteiger partial charge in [-0.1, -0.05) is 61.5 Å². The van der Waals surface area contributed by atoms with Gasteiger partial charge in [-0.2, -0.15) is 0 Å². The number of hydrogen-bond donors (Lipinski definition) is 0. The average molecular weight is 455 g/mol. The van der Waals surface area contributed by atoms with Crippen LogP contribution in [0.1, 0.15) is 20.3 Å². The first kappa shape index (κ1) is 22.1. The summed E-state index contributed by atoms with van der Waals surface area (Å²) in [5.74, 6) is -0.213. The number of carbonyl (C=O) groups excluding carboxylic acids is 1. The molecule has 0 amide bonds. The standard InChI is InChI=1S/C24H24O2P.BrH/c1-3-23(25)26-24(4-2)27(20-14-8-5-9-15-20,21-16-10-6-11-17-21)22-18-12-7-13-19-22;/h4-19H,3H2,1-2H3;1H/q+1;/p-1. The lowest BCUT2D eigenvalue weighted by atomic mass is 10.4.